The summed E-state index contributed by atoms with van der Waals surface area (Å²) >= 11 is 0. The van der Waals surface area contributed by atoms with Crippen molar-refractivity contribution in [2.75, 3.05) is 5.73 Å². The standard InChI is InChI=1S/C9H12N2O2/c1-5-2-6(4-7(10)3-5)8(11)9(12)13/h2-4,8H,10-11H2,1H3,(H,12,13)/t8-/m0/s1. The highest BCUT2D eigenvalue weighted by Gasteiger charge is 2.14. The number of rotatable bonds is 2. The Bertz CT molecular complexity index is 316. The van der Waals surface area contributed by atoms with E-state index in [0.717, 1.165) is 5.56 Å². The van der Waals surface area contributed by atoms with Gasteiger partial charge in [0.05, 0.1) is 0 Å². The number of hydrogen-bond acceptors (Lipinski definition) is 3. The Morgan fingerprint density at radius 1 is 1.46 bits per heavy atom. The summed E-state index contributed by atoms with van der Waals surface area (Å²) in [5, 5.41) is 8.65. The molecule has 0 fully saturated rings. The Hall–Kier alpha value is -1.55. The lowest BCUT2D eigenvalue weighted by Crippen LogP contribution is -2.20. The Morgan fingerprint density at radius 3 is 2.54 bits per heavy atom. The highest BCUT2D eigenvalue weighted by Crippen LogP contribution is 2.16. The molecule has 5 N–H and O–H groups in total. The van der Waals surface area contributed by atoms with Crippen molar-refractivity contribution in [1.82, 2.24) is 0 Å². The molecule has 13 heavy (non-hydrogen) atoms. The SMILES string of the molecule is Cc1cc(N)cc([C@H](N)C(=O)O)c1. The van der Waals surface area contributed by atoms with Crippen LogP contribution < -0.4 is 11.5 Å². The minimum atomic E-state index is -1.05. The number of hydrogen-bond donors (Lipinski definition) is 3. The molecule has 4 nitrogen and oxygen atoms in total. The third-order valence-corrected chi connectivity index (χ3v) is 1.75. The molecule has 0 spiro atoms. The number of nitrogens with two attached hydrogens (primary N) is 2. The van der Waals surface area contributed by atoms with Gasteiger partial charge in [-0.15, -0.1) is 0 Å². The average molecular weight is 180 g/mol. The highest BCUT2D eigenvalue weighted by molar-refractivity contribution is 5.75. The van der Waals surface area contributed by atoms with Gasteiger partial charge in [-0.25, -0.2) is 0 Å². The van der Waals surface area contributed by atoms with Crippen molar-refractivity contribution in [2.45, 2.75) is 13.0 Å². The van der Waals surface area contributed by atoms with E-state index < -0.39 is 12.0 Å². The van der Waals surface area contributed by atoms with Gasteiger partial charge in [0.2, 0.25) is 0 Å². The van der Waals surface area contributed by atoms with E-state index in [1.54, 1.807) is 18.2 Å². The second-order valence-corrected chi connectivity index (χ2v) is 2.99. The quantitative estimate of drug-likeness (QED) is 0.583. The molecule has 4 heteroatoms. The normalized spacial score (nSPS) is 12.5. The first kappa shape index (κ1) is 9.54. The van der Waals surface area contributed by atoms with E-state index in [1.807, 2.05) is 6.92 Å². The predicted octanol–water partition coefficient (Wildman–Crippen LogP) is 0.662. The summed E-state index contributed by atoms with van der Waals surface area (Å²) < 4.78 is 0. The first-order chi connectivity index (χ1) is 6.00. The molecule has 1 aromatic carbocycles. The zero-order chi connectivity index (χ0) is 10.0. The molecule has 0 bridgehead atoms. The van der Waals surface area contributed by atoms with Gasteiger partial charge in [-0.2, -0.15) is 0 Å². The van der Waals surface area contributed by atoms with Crippen LogP contribution in [0.15, 0.2) is 18.2 Å². The van der Waals surface area contributed by atoms with Gasteiger partial charge in [0.15, 0.2) is 0 Å². The van der Waals surface area contributed by atoms with E-state index in [4.69, 9.17) is 16.6 Å². The second-order valence-electron chi connectivity index (χ2n) is 2.99. The van der Waals surface area contributed by atoms with Crippen molar-refractivity contribution >= 4 is 11.7 Å². The molecule has 0 heterocycles. The van der Waals surface area contributed by atoms with Crippen LogP contribution in [-0.4, -0.2) is 11.1 Å². The van der Waals surface area contributed by atoms with Gasteiger partial charge in [0.1, 0.15) is 6.04 Å². The maximum absolute atomic E-state index is 10.6. The number of carboxylic acids is 1. The summed E-state index contributed by atoms with van der Waals surface area (Å²) in [7, 11) is 0. The van der Waals surface area contributed by atoms with Crippen LogP contribution >= 0.6 is 0 Å². The third kappa shape index (κ3) is 2.19. The van der Waals surface area contributed by atoms with Crippen LogP contribution in [0.5, 0.6) is 0 Å². The zero-order valence-electron chi connectivity index (χ0n) is 7.32. The third-order valence-electron chi connectivity index (χ3n) is 1.75. The first-order valence-electron chi connectivity index (χ1n) is 3.86. The molecule has 0 saturated carbocycles. The van der Waals surface area contributed by atoms with Crippen LogP contribution in [0.1, 0.15) is 17.2 Å². The molecule has 1 aromatic rings. The predicted molar refractivity (Wildman–Crippen MR) is 50.2 cm³/mol. The smallest absolute Gasteiger partial charge is 0.325 e. The minimum Gasteiger partial charge on any atom is -0.480 e. The summed E-state index contributed by atoms with van der Waals surface area (Å²) in [6.45, 7) is 1.84. The number of anilines is 1. The number of carboxylic acid groups (broad SMARTS) is 1. The lowest BCUT2D eigenvalue weighted by molar-refractivity contribution is -0.138. The van der Waals surface area contributed by atoms with E-state index >= 15 is 0 Å². The largest absolute Gasteiger partial charge is 0.480 e. The molecule has 1 atom stereocenters. The fourth-order valence-corrected chi connectivity index (χ4v) is 1.17. The van der Waals surface area contributed by atoms with Crippen LogP contribution in [0, 0.1) is 6.92 Å². The summed E-state index contributed by atoms with van der Waals surface area (Å²) in [4.78, 5) is 10.6. The van der Waals surface area contributed by atoms with Gasteiger partial charge in [0, 0.05) is 5.69 Å². The molecule has 0 aliphatic carbocycles. The highest BCUT2D eigenvalue weighted by atomic mass is 16.4. The van der Waals surface area contributed by atoms with E-state index in [-0.39, 0.29) is 0 Å². The van der Waals surface area contributed by atoms with Gasteiger partial charge in [-0.1, -0.05) is 6.07 Å². The lowest BCUT2D eigenvalue weighted by atomic mass is 10.0. The maximum atomic E-state index is 10.6. The van der Waals surface area contributed by atoms with E-state index in [1.165, 1.54) is 0 Å². The van der Waals surface area contributed by atoms with Crippen LogP contribution in [0.4, 0.5) is 5.69 Å². The topological polar surface area (TPSA) is 89.3 Å². The second kappa shape index (κ2) is 3.45. The average Bonchev–Trinajstić information content (AvgIpc) is 2.01. The van der Waals surface area contributed by atoms with Crippen molar-refractivity contribution in [2.24, 2.45) is 5.73 Å². The van der Waals surface area contributed by atoms with Crippen molar-refractivity contribution in [1.29, 1.82) is 0 Å². The molecular formula is C9H12N2O2. The van der Waals surface area contributed by atoms with Crippen molar-refractivity contribution < 1.29 is 9.90 Å². The molecular weight excluding hydrogens is 168 g/mol. The molecule has 0 aliphatic heterocycles. The number of aliphatic carboxylic acids is 1. The number of benzene rings is 1. The Kier molecular flexibility index (Phi) is 2.53. The fraction of sp³-hybridized carbons (Fsp3) is 0.222. The summed E-state index contributed by atoms with van der Waals surface area (Å²) in [6.07, 6.45) is 0. The molecule has 0 aromatic heterocycles. The zero-order valence-corrected chi connectivity index (χ0v) is 7.32. The van der Waals surface area contributed by atoms with Gasteiger partial charge in [0.25, 0.3) is 0 Å². The van der Waals surface area contributed by atoms with E-state index in [9.17, 15) is 4.79 Å². The summed E-state index contributed by atoms with van der Waals surface area (Å²) in [6, 6.07) is 4.06. The van der Waals surface area contributed by atoms with Crippen LogP contribution in [0.3, 0.4) is 0 Å². The molecule has 0 saturated heterocycles. The summed E-state index contributed by atoms with van der Waals surface area (Å²) in [5.41, 5.74) is 12.9. The Morgan fingerprint density at radius 2 is 2.08 bits per heavy atom. The van der Waals surface area contributed by atoms with Gasteiger partial charge in [-0.3, -0.25) is 4.79 Å². The molecule has 70 valence electrons. The van der Waals surface area contributed by atoms with Crippen molar-refractivity contribution in [3.8, 4) is 0 Å². The van der Waals surface area contributed by atoms with Gasteiger partial charge in [-0.05, 0) is 30.2 Å². The van der Waals surface area contributed by atoms with Gasteiger partial charge < -0.3 is 16.6 Å². The maximum Gasteiger partial charge on any atom is 0.325 e. The summed E-state index contributed by atoms with van der Waals surface area (Å²) in [5.74, 6) is -1.05. The number of carbonyl (C=O) groups is 1. The Labute approximate surface area is 76.2 Å². The van der Waals surface area contributed by atoms with Gasteiger partial charge >= 0.3 is 5.97 Å². The molecule has 1 rings (SSSR count). The van der Waals surface area contributed by atoms with E-state index in [0.29, 0.717) is 11.3 Å². The molecule has 0 amide bonds. The van der Waals surface area contributed by atoms with Crippen LogP contribution in [-0.2, 0) is 4.79 Å². The van der Waals surface area contributed by atoms with Crippen molar-refractivity contribution in [3.63, 3.8) is 0 Å². The van der Waals surface area contributed by atoms with E-state index in [2.05, 4.69) is 0 Å². The first-order valence-corrected chi connectivity index (χ1v) is 3.86. The van der Waals surface area contributed by atoms with Crippen LogP contribution in [0.25, 0.3) is 0 Å². The molecule has 0 radical (unpaired) electrons. The molecule has 0 unspecified atom stereocenters. The number of nitrogen functional groups attached to an aromatic ring is 1. The number of aryl methyl sites for hydroxylation is 1. The minimum absolute atomic E-state index is 0.532. The lowest BCUT2D eigenvalue weighted by Gasteiger charge is -2.08. The molecule has 0 aliphatic rings. The van der Waals surface area contributed by atoms with Crippen LogP contribution in [0.2, 0.25) is 0 Å². The van der Waals surface area contributed by atoms with Crippen molar-refractivity contribution in [3.05, 3.63) is 29.3 Å². The fourth-order valence-electron chi connectivity index (χ4n) is 1.17. The Balaban J connectivity index is 3.07. The monoisotopic (exact) mass is 180 g/mol.